The smallest absolute Gasteiger partial charge is 0.319 e. The van der Waals surface area contributed by atoms with Gasteiger partial charge in [-0.15, -0.1) is 0 Å². The highest BCUT2D eigenvalue weighted by atomic mass is 35.5. The molecule has 0 N–H and O–H groups in total. The zero-order valence-corrected chi connectivity index (χ0v) is 9.20. The Balaban J connectivity index is 2.22. The Morgan fingerprint density at radius 1 is 1.40 bits per heavy atom. The van der Waals surface area contributed by atoms with Crippen molar-refractivity contribution >= 4 is 17.4 Å². The molecule has 1 aromatic rings. The van der Waals surface area contributed by atoms with Crippen LogP contribution in [0.15, 0.2) is 6.07 Å². The Bertz CT molecular complexity index is 342. The Morgan fingerprint density at radius 3 is 2.80 bits per heavy atom. The predicted molar refractivity (Wildman–Crippen MR) is 56.6 cm³/mol. The lowest BCUT2D eigenvalue weighted by atomic mass is 10.4. The van der Waals surface area contributed by atoms with Crippen LogP contribution in [-0.2, 0) is 4.74 Å². The molecule has 15 heavy (non-hydrogen) atoms. The van der Waals surface area contributed by atoms with Gasteiger partial charge in [-0.1, -0.05) is 11.6 Å². The predicted octanol–water partition coefficient (Wildman–Crippen LogP) is 0.975. The molecule has 1 aliphatic heterocycles. The summed E-state index contributed by atoms with van der Waals surface area (Å²) in [7, 11) is 1.52. The fraction of sp³-hybridized carbons (Fsp3) is 0.556. The highest BCUT2D eigenvalue weighted by Gasteiger charge is 2.14. The Labute approximate surface area is 93.0 Å². The zero-order valence-electron chi connectivity index (χ0n) is 8.44. The molecule has 6 heteroatoms. The first-order chi connectivity index (χ1) is 7.29. The van der Waals surface area contributed by atoms with E-state index in [9.17, 15) is 0 Å². The minimum absolute atomic E-state index is 0.295. The first-order valence-electron chi connectivity index (χ1n) is 4.71. The van der Waals surface area contributed by atoms with Crippen LogP contribution in [0.1, 0.15) is 0 Å². The minimum Gasteiger partial charge on any atom is -0.467 e. The van der Waals surface area contributed by atoms with Gasteiger partial charge in [0.1, 0.15) is 11.0 Å². The molecule has 2 rings (SSSR count). The van der Waals surface area contributed by atoms with Gasteiger partial charge in [-0.2, -0.15) is 9.97 Å². The number of rotatable bonds is 2. The van der Waals surface area contributed by atoms with Crippen molar-refractivity contribution in [3.8, 4) is 6.01 Å². The Kier molecular flexibility index (Phi) is 3.23. The number of hydrogen-bond donors (Lipinski definition) is 0. The van der Waals surface area contributed by atoms with Crippen molar-refractivity contribution in [3.05, 3.63) is 11.2 Å². The summed E-state index contributed by atoms with van der Waals surface area (Å²) in [6.45, 7) is 3.06. The average molecular weight is 230 g/mol. The van der Waals surface area contributed by atoms with Crippen molar-refractivity contribution in [1.82, 2.24) is 9.97 Å². The van der Waals surface area contributed by atoms with Gasteiger partial charge in [0.15, 0.2) is 0 Å². The van der Waals surface area contributed by atoms with E-state index >= 15 is 0 Å². The highest BCUT2D eigenvalue weighted by molar-refractivity contribution is 6.29. The van der Waals surface area contributed by atoms with Gasteiger partial charge in [0.2, 0.25) is 0 Å². The molecule has 1 fully saturated rings. The van der Waals surface area contributed by atoms with Crippen LogP contribution in [0.25, 0.3) is 0 Å². The lowest BCUT2D eigenvalue weighted by molar-refractivity contribution is 0.122. The number of anilines is 1. The molecular formula is C9H12ClN3O2. The second-order valence-corrected chi connectivity index (χ2v) is 3.52. The Morgan fingerprint density at radius 2 is 2.13 bits per heavy atom. The third-order valence-electron chi connectivity index (χ3n) is 2.18. The number of halogens is 1. The van der Waals surface area contributed by atoms with E-state index in [1.54, 1.807) is 6.07 Å². The fourth-order valence-electron chi connectivity index (χ4n) is 1.43. The van der Waals surface area contributed by atoms with Gasteiger partial charge in [-0.05, 0) is 0 Å². The van der Waals surface area contributed by atoms with Gasteiger partial charge in [-0.25, -0.2) is 0 Å². The second-order valence-electron chi connectivity index (χ2n) is 3.13. The van der Waals surface area contributed by atoms with E-state index in [2.05, 4.69) is 14.9 Å². The summed E-state index contributed by atoms with van der Waals surface area (Å²) < 4.78 is 10.2. The van der Waals surface area contributed by atoms with Gasteiger partial charge in [0.25, 0.3) is 0 Å². The van der Waals surface area contributed by atoms with Crippen molar-refractivity contribution in [2.75, 3.05) is 38.3 Å². The number of hydrogen-bond acceptors (Lipinski definition) is 5. The van der Waals surface area contributed by atoms with Crippen molar-refractivity contribution in [2.24, 2.45) is 0 Å². The van der Waals surface area contributed by atoms with Crippen LogP contribution in [0.2, 0.25) is 5.15 Å². The maximum atomic E-state index is 5.86. The molecule has 0 atom stereocenters. The summed E-state index contributed by atoms with van der Waals surface area (Å²) >= 11 is 5.86. The van der Waals surface area contributed by atoms with E-state index in [1.807, 2.05) is 0 Å². The van der Waals surface area contributed by atoms with Crippen molar-refractivity contribution in [3.63, 3.8) is 0 Å². The third-order valence-corrected chi connectivity index (χ3v) is 2.37. The van der Waals surface area contributed by atoms with Crippen LogP contribution in [0.4, 0.5) is 5.82 Å². The van der Waals surface area contributed by atoms with Crippen molar-refractivity contribution in [2.45, 2.75) is 0 Å². The summed E-state index contributed by atoms with van der Waals surface area (Å²) in [6, 6.07) is 2.03. The average Bonchev–Trinajstić information content (AvgIpc) is 2.29. The molecule has 0 saturated carbocycles. The quantitative estimate of drug-likeness (QED) is 0.708. The molecule has 0 aromatic carbocycles. The minimum atomic E-state index is 0.295. The van der Waals surface area contributed by atoms with Crippen LogP contribution < -0.4 is 9.64 Å². The summed E-state index contributed by atoms with van der Waals surface area (Å²) in [5.74, 6) is 0.787. The van der Waals surface area contributed by atoms with Crippen LogP contribution in [0.5, 0.6) is 6.01 Å². The maximum absolute atomic E-state index is 5.86. The monoisotopic (exact) mass is 229 g/mol. The van der Waals surface area contributed by atoms with Gasteiger partial charge < -0.3 is 14.4 Å². The van der Waals surface area contributed by atoms with E-state index in [-0.39, 0.29) is 0 Å². The number of ether oxygens (including phenoxy) is 2. The van der Waals surface area contributed by atoms with E-state index in [0.29, 0.717) is 24.4 Å². The van der Waals surface area contributed by atoms with E-state index < -0.39 is 0 Å². The second kappa shape index (κ2) is 4.63. The van der Waals surface area contributed by atoms with Crippen LogP contribution in [0, 0.1) is 0 Å². The summed E-state index contributed by atoms with van der Waals surface area (Å²) in [6.07, 6.45) is 0. The molecule has 2 heterocycles. The standard InChI is InChI=1S/C9H12ClN3O2/c1-14-9-11-7(10)6-8(12-9)13-2-4-15-5-3-13/h6H,2-5H2,1H3. The number of morpholine rings is 1. The van der Waals surface area contributed by atoms with Gasteiger partial charge >= 0.3 is 6.01 Å². The molecule has 0 bridgehead atoms. The molecule has 0 spiro atoms. The van der Waals surface area contributed by atoms with Crippen LogP contribution in [-0.4, -0.2) is 43.4 Å². The molecule has 1 saturated heterocycles. The molecule has 0 amide bonds. The fourth-order valence-corrected chi connectivity index (χ4v) is 1.60. The van der Waals surface area contributed by atoms with Gasteiger partial charge in [0, 0.05) is 19.2 Å². The van der Waals surface area contributed by atoms with Crippen molar-refractivity contribution < 1.29 is 9.47 Å². The molecule has 5 nitrogen and oxygen atoms in total. The lowest BCUT2D eigenvalue weighted by Gasteiger charge is -2.27. The SMILES string of the molecule is COc1nc(Cl)cc(N2CCOCC2)n1. The third kappa shape index (κ3) is 2.49. The molecule has 82 valence electrons. The molecule has 1 aliphatic rings. The normalized spacial score (nSPS) is 16.5. The van der Waals surface area contributed by atoms with Crippen LogP contribution in [0.3, 0.4) is 0 Å². The number of nitrogens with zero attached hydrogens (tertiary/aromatic N) is 3. The molecule has 1 aromatic heterocycles. The van der Waals surface area contributed by atoms with Gasteiger partial charge in [-0.3, -0.25) is 0 Å². The Hall–Kier alpha value is -1.07. The van der Waals surface area contributed by atoms with Gasteiger partial charge in [0.05, 0.1) is 20.3 Å². The highest BCUT2D eigenvalue weighted by Crippen LogP contribution is 2.19. The largest absolute Gasteiger partial charge is 0.467 e. The van der Waals surface area contributed by atoms with E-state index in [4.69, 9.17) is 21.1 Å². The summed E-state index contributed by atoms with van der Waals surface area (Å²) in [5.41, 5.74) is 0. The molecule has 0 aliphatic carbocycles. The maximum Gasteiger partial charge on any atom is 0.319 e. The van der Waals surface area contributed by atoms with E-state index in [1.165, 1.54) is 7.11 Å². The lowest BCUT2D eigenvalue weighted by Crippen LogP contribution is -2.36. The number of methoxy groups -OCH3 is 1. The summed E-state index contributed by atoms with van der Waals surface area (Å²) in [5, 5.41) is 0.392. The summed E-state index contributed by atoms with van der Waals surface area (Å²) in [4.78, 5) is 10.2. The van der Waals surface area contributed by atoms with Crippen molar-refractivity contribution in [1.29, 1.82) is 0 Å². The first kappa shape index (κ1) is 10.4. The zero-order chi connectivity index (χ0) is 10.7. The molecular weight excluding hydrogens is 218 g/mol. The van der Waals surface area contributed by atoms with Crippen LogP contribution >= 0.6 is 11.6 Å². The topological polar surface area (TPSA) is 47.5 Å². The molecule has 0 unspecified atom stereocenters. The number of aromatic nitrogens is 2. The van der Waals surface area contributed by atoms with E-state index in [0.717, 1.165) is 18.9 Å². The molecule has 0 radical (unpaired) electrons. The first-order valence-corrected chi connectivity index (χ1v) is 5.08.